The number of hydrogen-bond donors (Lipinski definition) is 1. The molecule has 1 aromatic heterocycles. The molecule has 4 rings (SSSR count). The molecular weight excluding hydrogens is 476 g/mol. The Labute approximate surface area is 205 Å². The standard InChI is InChI=1S/C24H21ClN4O6/c1-35-19-8-5-16(13-18(19)25)22(30)20-21(15-3-6-17(7-4-15)29(33)34)28(24(32)23(20)31)11-2-10-27-12-9-26-14-27/h3-9,12-14,21H,2,10-11H2,1H3,(H,30,31). The minimum absolute atomic E-state index is 0.128. The number of H-pyrrole nitrogens is 1. The molecule has 10 nitrogen and oxygen atoms in total. The van der Waals surface area contributed by atoms with Gasteiger partial charge in [-0.3, -0.25) is 24.7 Å². The van der Waals surface area contributed by atoms with E-state index in [1.54, 1.807) is 12.5 Å². The highest BCUT2D eigenvalue weighted by molar-refractivity contribution is 6.46. The molecule has 0 radical (unpaired) electrons. The van der Waals surface area contributed by atoms with E-state index in [1.807, 2.05) is 10.8 Å². The van der Waals surface area contributed by atoms with Crippen LogP contribution in [0.3, 0.4) is 0 Å². The molecule has 1 aliphatic heterocycles. The number of imidazole rings is 1. The van der Waals surface area contributed by atoms with Gasteiger partial charge >= 0.3 is 0 Å². The van der Waals surface area contributed by atoms with Crippen molar-refractivity contribution in [2.24, 2.45) is 0 Å². The van der Waals surface area contributed by atoms with Crippen LogP contribution in [-0.4, -0.2) is 40.2 Å². The SMILES string of the molecule is COc1ccc(C([O-])=C2C(=O)C(=O)N(CCC[n+]3cc[nH]c3)C2c2ccc([N+](=O)[O-])cc2)cc1Cl. The third kappa shape index (κ3) is 4.73. The van der Waals surface area contributed by atoms with E-state index in [4.69, 9.17) is 16.3 Å². The number of amides is 1. The predicted octanol–water partition coefficient (Wildman–Crippen LogP) is 2.19. The molecule has 1 fully saturated rings. The maximum Gasteiger partial charge on any atom is 0.295 e. The Hall–Kier alpha value is -4.18. The van der Waals surface area contributed by atoms with Crippen LogP contribution in [0.4, 0.5) is 5.69 Å². The number of aromatic nitrogens is 2. The number of ether oxygens (including phenoxy) is 1. The van der Waals surface area contributed by atoms with E-state index in [1.165, 1.54) is 54.5 Å². The van der Waals surface area contributed by atoms with Crippen LogP contribution >= 0.6 is 11.6 Å². The second kappa shape index (κ2) is 9.98. The summed E-state index contributed by atoms with van der Waals surface area (Å²) < 4.78 is 7.01. The van der Waals surface area contributed by atoms with Gasteiger partial charge in [0.25, 0.3) is 11.6 Å². The van der Waals surface area contributed by atoms with E-state index >= 15 is 0 Å². The second-order valence-electron chi connectivity index (χ2n) is 7.87. The highest BCUT2D eigenvalue weighted by Gasteiger charge is 2.44. The van der Waals surface area contributed by atoms with Crippen molar-refractivity contribution in [3.8, 4) is 5.75 Å². The normalized spacial score (nSPS) is 17.1. The average molecular weight is 497 g/mol. The van der Waals surface area contributed by atoms with E-state index in [-0.39, 0.29) is 28.4 Å². The number of non-ortho nitro benzene ring substituents is 1. The molecule has 1 unspecified atom stereocenters. The number of nitrogens with zero attached hydrogens (tertiary/aromatic N) is 3. The van der Waals surface area contributed by atoms with Gasteiger partial charge < -0.3 is 14.7 Å². The maximum absolute atomic E-state index is 13.5. The minimum Gasteiger partial charge on any atom is -0.872 e. The first-order valence-corrected chi connectivity index (χ1v) is 11.1. The number of ketones is 1. The molecule has 35 heavy (non-hydrogen) atoms. The highest BCUT2D eigenvalue weighted by Crippen LogP contribution is 2.40. The molecule has 1 N–H and O–H groups in total. The molecule has 11 heteroatoms. The van der Waals surface area contributed by atoms with E-state index in [9.17, 15) is 24.8 Å². The highest BCUT2D eigenvalue weighted by atomic mass is 35.5. The minimum atomic E-state index is -0.986. The molecule has 1 amide bonds. The summed E-state index contributed by atoms with van der Waals surface area (Å²) in [6, 6.07) is 8.84. The Morgan fingerprint density at radius 2 is 1.97 bits per heavy atom. The molecule has 0 saturated carbocycles. The van der Waals surface area contributed by atoms with Gasteiger partial charge in [-0.2, -0.15) is 0 Å². The number of nitro groups is 1. The number of Topliss-reactive ketones (excluding diaryl/α,β-unsaturated/α-hetero) is 1. The van der Waals surface area contributed by atoms with Gasteiger partial charge in [-0.1, -0.05) is 23.4 Å². The number of nitrogens with one attached hydrogen (secondary N) is 1. The molecule has 2 heterocycles. The van der Waals surface area contributed by atoms with Crippen LogP contribution in [0.5, 0.6) is 5.75 Å². The molecule has 1 atom stereocenters. The van der Waals surface area contributed by atoms with Crippen LogP contribution in [0.15, 0.2) is 66.8 Å². The number of halogens is 1. The Morgan fingerprint density at radius 3 is 2.57 bits per heavy atom. The third-order valence-electron chi connectivity index (χ3n) is 5.78. The molecule has 1 aliphatic rings. The summed E-state index contributed by atoms with van der Waals surface area (Å²) >= 11 is 6.17. The van der Waals surface area contributed by atoms with Crippen molar-refractivity contribution in [3.63, 3.8) is 0 Å². The van der Waals surface area contributed by atoms with Crippen LogP contribution in [0.1, 0.15) is 23.6 Å². The Morgan fingerprint density at radius 1 is 1.23 bits per heavy atom. The first-order chi connectivity index (χ1) is 16.8. The first-order valence-electron chi connectivity index (χ1n) is 10.7. The molecule has 3 aromatic rings. The summed E-state index contributed by atoms with van der Waals surface area (Å²) in [4.78, 5) is 40.9. The van der Waals surface area contributed by atoms with Gasteiger partial charge in [-0.05, 0) is 35.4 Å². The molecule has 0 spiro atoms. The van der Waals surface area contributed by atoms with Crippen molar-refractivity contribution < 1.29 is 28.9 Å². The molecule has 180 valence electrons. The van der Waals surface area contributed by atoms with E-state index < -0.39 is 28.4 Å². The predicted molar refractivity (Wildman–Crippen MR) is 123 cm³/mol. The van der Waals surface area contributed by atoms with Crippen LogP contribution in [-0.2, 0) is 16.1 Å². The average Bonchev–Trinajstić information content (AvgIpc) is 3.46. The van der Waals surface area contributed by atoms with Crippen molar-refractivity contribution in [1.29, 1.82) is 0 Å². The molecule has 0 bridgehead atoms. The van der Waals surface area contributed by atoms with E-state index in [0.717, 1.165) is 0 Å². The van der Waals surface area contributed by atoms with Crippen LogP contribution in [0.2, 0.25) is 5.02 Å². The van der Waals surface area contributed by atoms with E-state index in [0.29, 0.717) is 24.3 Å². The quantitative estimate of drug-likeness (QED) is 0.127. The lowest BCUT2D eigenvalue weighted by molar-refractivity contribution is -0.695. The largest absolute Gasteiger partial charge is 0.872 e. The Bertz CT molecular complexity index is 1300. The number of nitro benzene ring substituents is 1. The van der Waals surface area contributed by atoms with Crippen LogP contribution < -0.4 is 14.4 Å². The Balaban J connectivity index is 1.75. The van der Waals surface area contributed by atoms with Crippen molar-refractivity contribution in [3.05, 3.63) is 93.0 Å². The maximum atomic E-state index is 13.5. The van der Waals surface area contributed by atoms with Gasteiger partial charge in [0.1, 0.15) is 18.1 Å². The number of aryl methyl sites for hydroxylation is 1. The van der Waals surface area contributed by atoms with Gasteiger partial charge in [0, 0.05) is 30.7 Å². The fraction of sp³-hybridized carbons (Fsp3) is 0.208. The number of hydrogen-bond acceptors (Lipinski definition) is 6. The summed E-state index contributed by atoms with van der Waals surface area (Å²) in [6.45, 7) is 0.774. The summed E-state index contributed by atoms with van der Waals surface area (Å²) in [5.41, 5.74) is 0.185. The molecule has 0 aliphatic carbocycles. The summed E-state index contributed by atoms with van der Waals surface area (Å²) in [7, 11) is 1.44. The zero-order chi connectivity index (χ0) is 25.1. The number of likely N-dealkylation sites (tertiary alicyclic amines) is 1. The zero-order valence-electron chi connectivity index (χ0n) is 18.6. The number of methoxy groups -OCH3 is 1. The zero-order valence-corrected chi connectivity index (χ0v) is 19.4. The van der Waals surface area contributed by atoms with Crippen LogP contribution in [0, 0.1) is 10.1 Å². The van der Waals surface area contributed by atoms with Gasteiger partial charge in [0.15, 0.2) is 0 Å². The van der Waals surface area contributed by atoms with Gasteiger partial charge in [-0.25, -0.2) is 4.57 Å². The first kappa shape index (κ1) is 24.0. The smallest absolute Gasteiger partial charge is 0.295 e. The third-order valence-corrected chi connectivity index (χ3v) is 6.08. The molecule has 2 aromatic carbocycles. The fourth-order valence-corrected chi connectivity index (χ4v) is 4.33. The fourth-order valence-electron chi connectivity index (χ4n) is 4.07. The molecular formula is C24H21ClN4O6. The Kier molecular flexibility index (Phi) is 6.83. The summed E-state index contributed by atoms with van der Waals surface area (Å²) in [5.74, 6) is -1.98. The van der Waals surface area contributed by atoms with E-state index in [2.05, 4.69) is 4.98 Å². The monoisotopic (exact) mass is 496 g/mol. The van der Waals surface area contributed by atoms with Crippen molar-refractivity contribution in [2.75, 3.05) is 13.7 Å². The van der Waals surface area contributed by atoms with Crippen molar-refractivity contribution in [1.82, 2.24) is 9.88 Å². The number of aromatic amines is 1. The van der Waals surface area contributed by atoms with Gasteiger partial charge in [0.05, 0.1) is 29.6 Å². The lowest BCUT2D eigenvalue weighted by Crippen LogP contribution is -2.36. The lowest BCUT2D eigenvalue weighted by Gasteiger charge is -2.27. The number of rotatable bonds is 8. The molecule has 1 saturated heterocycles. The number of carbonyl (C=O) groups excluding carboxylic acids is 2. The number of benzene rings is 2. The summed E-state index contributed by atoms with van der Waals surface area (Å²) in [6.07, 6.45) is 5.87. The number of carbonyl (C=O) groups is 2. The topological polar surface area (TPSA) is 132 Å². The van der Waals surface area contributed by atoms with Gasteiger partial charge in [-0.15, -0.1) is 0 Å². The van der Waals surface area contributed by atoms with Crippen molar-refractivity contribution >= 4 is 34.7 Å². The lowest BCUT2D eigenvalue weighted by atomic mass is 9.95. The second-order valence-corrected chi connectivity index (χ2v) is 8.28. The van der Waals surface area contributed by atoms with Gasteiger partial charge in [0.2, 0.25) is 12.1 Å². The van der Waals surface area contributed by atoms with Crippen LogP contribution in [0.25, 0.3) is 5.76 Å². The summed E-state index contributed by atoms with van der Waals surface area (Å²) in [5, 5.41) is 24.7. The van der Waals surface area contributed by atoms with Crippen molar-refractivity contribution in [2.45, 2.75) is 19.0 Å².